The highest BCUT2D eigenvalue weighted by Gasteiger charge is 2.43. The van der Waals surface area contributed by atoms with E-state index in [1.807, 2.05) is 0 Å². The van der Waals surface area contributed by atoms with Gasteiger partial charge in [-0.15, -0.1) is 0 Å². The van der Waals surface area contributed by atoms with Crippen molar-refractivity contribution in [3.05, 3.63) is 35.9 Å². The van der Waals surface area contributed by atoms with E-state index in [1.54, 1.807) is 30.3 Å². The number of rotatable bonds is 2. The SMILES string of the molecule is C[C@@H]1O[C@@H](OC(=O)c2ccccc2)[C@H](O)[C@H](O)[C@H]1O. The Balaban J connectivity index is 2.05. The van der Waals surface area contributed by atoms with Gasteiger partial charge in [0.1, 0.15) is 18.3 Å². The van der Waals surface area contributed by atoms with Gasteiger partial charge in [-0.05, 0) is 19.1 Å². The molecule has 0 aliphatic carbocycles. The second kappa shape index (κ2) is 5.66. The zero-order valence-corrected chi connectivity index (χ0v) is 10.3. The Hall–Kier alpha value is -1.47. The molecule has 0 amide bonds. The largest absolute Gasteiger partial charge is 0.429 e. The summed E-state index contributed by atoms with van der Waals surface area (Å²) in [5.74, 6) is -0.666. The molecule has 1 aromatic carbocycles. The molecule has 1 aliphatic rings. The molecular formula is C13H16O6. The summed E-state index contributed by atoms with van der Waals surface area (Å²) in [4.78, 5) is 11.8. The number of benzene rings is 1. The van der Waals surface area contributed by atoms with E-state index in [0.717, 1.165) is 0 Å². The van der Waals surface area contributed by atoms with Gasteiger partial charge in [0.15, 0.2) is 0 Å². The highest BCUT2D eigenvalue weighted by Crippen LogP contribution is 2.22. The quantitative estimate of drug-likeness (QED) is 0.636. The molecule has 0 radical (unpaired) electrons. The zero-order chi connectivity index (χ0) is 14.0. The molecule has 1 aromatic rings. The second-order valence-electron chi connectivity index (χ2n) is 4.45. The first-order chi connectivity index (χ1) is 9.00. The summed E-state index contributed by atoms with van der Waals surface area (Å²) < 4.78 is 10.2. The van der Waals surface area contributed by atoms with Gasteiger partial charge in [-0.25, -0.2) is 4.79 Å². The lowest BCUT2D eigenvalue weighted by Crippen LogP contribution is -2.57. The molecule has 19 heavy (non-hydrogen) atoms. The number of hydrogen-bond acceptors (Lipinski definition) is 6. The van der Waals surface area contributed by atoms with Crippen LogP contribution in [0.3, 0.4) is 0 Å². The highest BCUT2D eigenvalue weighted by atomic mass is 16.7. The second-order valence-corrected chi connectivity index (χ2v) is 4.45. The van der Waals surface area contributed by atoms with Gasteiger partial charge in [0.25, 0.3) is 0 Å². The van der Waals surface area contributed by atoms with Gasteiger partial charge < -0.3 is 24.8 Å². The molecule has 5 atom stereocenters. The molecule has 0 saturated carbocycles. The first-order valence-corrected chi connectivity index (χ1v) is 5.96. The molecule has 0 aromatic heterocycles. The maximum absolute atomic E-state index is 11.8. The van der Waals surface area contributed by atoms with Gasteiger partial charge in [-0.3, -0.25) is 0 Å². The minimum absolute atomic E-state index is 0.312. The third-order valence-corrected chi connectivity index (χ3v) is 3.04. The van der Waals surface area contributed by atoms with Crippen LogP contribution in [0.25, 0.3) is 0 Å². The topological polar surface area (TPSA) is 96.2 Å². The van der Waals surface area contributed by atoms with Crippen LogP contribution in [0, 0.1) is 0 Å². The Labute approximate surface area is 110 Å². The Morgan fingerprint density at radius 3 is 2.37 bits per heavy atom. The molecular weight excluding hydrogens is 252 g/mol. The lowest BCUT2D eigenvalue weighted by atomic mass is 10.00. The van der Waals surface area contributed by atoms with E-state index in [2.05, 4.69) is 0 Å². The van der Waals surface area contributed by atoms with Crippen molar-refractivity contribution in [1.29, 1.82) is 0 Å². The standard InChI is InChI=1S/C13H16O6/c1-7-9(14)10(15)11(16)13(18-7)19-12(17)8-5-3-2-4-6-8/h2-7,9-11,13-16H,1H3/t7-,9-,10+,11+,13-/m0/s1. The Morgan fingerprint density at radius 2 is 1.74 bits per heavy atom. The monoisotopic (exact) mass is 268 g/mol. The van der Waals surface area contributed by atoms with Crippen LogP contribution in [0.2, 0.25) is 0 Å². The number of ether oxygens (including phenoxy) is 2. The molecule has 1 heterocycles. The third-order valence-electron chi connectivity index (χ3n) is 3.04. The fraction of sp³-hybridized carbons (Fsp3) is 0.462. The summed E-state index contributed by atoms with van der Waals surface area (Å²) in [5, 5.41) is 28.8. The van der Waals surface area contributed by atoms with E-state index in [1.165, 1.54) is 6.92 Å². The lowest BCUT2D eigenvalue weighted by Gasteiger charge is -2.38. The molecule has 6 nitrogen and oxygen atoms in total. The Bertz CT molecular complexity index is 434. The van der Waals surface area contributed by atoms with Crippen LogP contribution in [0.5, 0.6) is 0 Å². The molecule has 0 spiro atoms. The fourth-order valence-corrected chi connectivity index (χ4v) is 1.86. The van der Waals surface area contributed by atoms with Crippen LogP contribution >= 0.6 is 0 Å². The zero-order valence-electron chi connectivity index (χ0n) is 10.3. The van der Waals surface area contributed by atoms with Gasteiger partial charge in [0.05, 0.1) is 11.7 Å². The Kier molecular flexibility index (Phi) is 4.16. The number of aliphatic hydroxyl groups is 3. The van der Waals surface area contributed by atoms with Crippen LogP contribution in [-0.4, -0.2) is 52.0 Å². The maximum atomic E-state index is 11.8. The van der Waals surface area contributed by atoms with Crippen molar-refractivity contribution in [2.75, 3.05) is 0 Å². The van der Waals surface area contributed by atoms with E-state index in [9.17, 15) is 20.1 Å². The minimum Gasteiger partial charge on any atom is -0.429 e. The summed E-state index contributed by atoms with van der Waals surface area (Å²) in [6.45, 7) is 1.52. The predicted molar refractivity (Wildman–Crippen MR) is 64.2 cm³/mol. The van der Waals surface area contributed by atoms with E-state index in [0.29, 0.717) is 5.56 Å². The summed E-state index contributed by atoms with van der Waals surface area (Å²) in [6, 6.07) is 8.23. The summed E-state index contributed by atoms with van der Waals surface area (Å²) in [6.07, 6.45) is -6.18. The summed E-state index contributed by atoms with van der Waals surface area (Å²) >= 11 is 0. The molecule has 104 valence electrons. The van der Waals surface area contributed by atoms with Crippen molar-refractivity contribution < 1.29 is 29.6 Å². The number of carbonyl (C=O) groups is 1. The normalized spacial score (nSPS) is 34.8. The van der Waals surface area contributed by atoms with Crippen LogP contribution in [0.15, 0.2) is 30.3 Å². The van der Waals surface area contributed by atoms with Gasteiger partial charge in [0.2, 0.25) is 6.29 Å². The number of aliphatic hydroxyl groups excluding tert-OH is 3. The fourth-order valence-electron chi connectivity index (χ4n) is 1.86. The van der Waals surface area contributed by atoms with Crippen molar-refractivity contribution in [2.24, 2.45) is 0 Å². The van der Waals surface area contributed by atoms with Crippen molar-refractivity contribution in [2.45, 2.75) is 37.6 Å². The van der Waals surface area contributed by atoms with Crippen molar-refractivity contribution in [1.82, 2.24) is 0 Å². The number of carbonyl (C=O) groups excluding carboxylic acids is 1. The van der Waals surface area contributed by atoms with Crippen LogP contribution in [0.1, 0.15) is 17.3 Å². The van der Waals surface area contributed by atoms with Crippen LogP contribution < -0.4 is 0 Å². The molecule has 0 bridgehead atoms. The summed E-state index contributed by atoms with van der Waals surface area (Å²) in [5.41, 5.74) is 0.312. The molecule has 0 unspecified atom stereocenters. The molecule has 6 heteroatoms. The van der Waals surface area contributed by atoms with Crippen molar-refractivity contribution in [3.63, 3.8) is 0 Å². The molecule has 3 N–H and O–H groups in total. The average molecular weight is 268 g/mol. The average Bonchev–Trinajstić information content (AvgIpc) is 2.43. The maximum Gasteiger partial charge on any atom is 0.340 e. The van der Waals surface area contributed by atoms with Gasteiger partial charge in [-0.2, -0.15) is 0 Å². The van der Waals surface area contributed by atoms with E-state index < -0.39 is 36.7 Å². The molecule has 1 aliphatic heterocycles. The van der Waals surface area contributed by atoms with E-state index in [4.69, 9.17) is 9.47 Å². The van der Waals surface area contributed by atoms with Crippen LogP contribution in [-0.2, 0) is 9.47 Å². The summed E-state index contributed by atoms with van der Waals surface area (Å²) in [7, 11) is 0. The highest BCUT2D eigenvalue weighted by molar-refractivity contribution is 5.89. The smallest absolute Gasteiger partial charge is 0.340 e. The first-order valence-electron chi connectivity index (χ1n) is 5.96. The van der Waals surface area contributed by atoms with E-state index >= 15 is 0 Å². The van der Waals surface area contributed by atoms with Crippen LogP contribution in [0.4, 0.5) is 0 Å². The third kappa shape index (κ3) is 2.93. The lowest BCUT2D eigenvalue weighted by molar-refractivity contribution is -0.276. The Morgan fingerprint density at radius 1 is 1.11 bits per heavy atom. The molecule has 1 saturated heterocycles. The first kappa shape index (κ1) is 14.0. The predicted octanol–water partition coefficient (Wildman–Crippen LogP) is -0.329. The molecule has 1 fully saturated rings. The van der Waals surface area contributed by atoms with Gasteiger partial charge >= 0.3 is 5.97 Å². The molecule has 2 rings (SSSR count). The number of esters is 1. The number of hydrogen-bond donors (Lipinski definition) is 3. The van der Waals surface area contributed by atoms with Crippen molar-refractivity contribution in [3.8, 4) is 0 Å². The van der Waals surface area contributed by atoms with Crippen molar-refractivity contribution >= 4 is 5.97 Å². The minimum atomic E-state index is -1.49. The van der Waals surface area contributed by atoms with Gasteiger partial charge in [-0.1, -0.05) is 18.2 Å². The van der Waals surface area contributed by atoms with E-state index in [-0.39, 0.29) is 0 Å². The van der Waals surface area contributed by atoms with Gasteiger partial charge in [0, 0.05) is 0 Å².